The molecule has 2 aliphatic rings. The maximum atomic E-state index is 12.9. The zero-order valence-electron chi connectivity index (χ0n) is 15.6. The van der Waals surface area contributed by atoms with Gasteiger partial charge in [0.15, 0.2) is 12.4 Å². The van der Waals surface area contributed by atoms with Gasteiger partial charge in [0.25, 0.3) is 5.91 Å². The number of amides is 2. The third kappa shape index (κ3) is 4.13. The van der Waals surface area contributed by atoms with Gasteiger partial charge in [0, 0.05) is 31.2 Å². The van der Waals surface area contributed by atoms with E-state index in [1.54, 1.807) is 30.0 Å². The second kappa shape index (κ2) is 8.52. The van der Waals surface area contributed by atoms with Crippen LogP contribution in [0.3, 0.4) is 0 Å². The van der Waals surface area contributed by atoms with Crippen LogP contribution in [0.2, 0.25) is 0 Å². The highest BCUT2D eigenvalue weighted by atomic mass is 16.5. The zero-order chi connectivity index (χ0) is 19.4. The lowest BCUT2D eigenvalue weighted by atomic mass is 9.99. The Balaban J connectivity index is 1.83. The van der Waals surface area contributed by atoms with Gasteiger partial charge >= 0.3 is 0 Å². The monoisotopic (exact) mass is 374 g/mol. The molecule has 1 saturated heterocycles. The van der Waals surface area contributed by atoms with E-state index in [2.05, 4.69) is 0 Å². The highest BCUT2D eigenvalue weighted by Crippen LogP contribution is 2.33. The predicted molar refractivity (Wildman–Crippen MR) is 100.0 cm³/mol. The Morgan fingerprint density at radius 2 is 2.11 bits per heavy atom. The van der Waals surface area contributed by atoms with Gasteiger partial charge in [-0.2, -0.15) is 0 Å². The highest BCUT2D eigenvalue weighted by molar-refractivity contribution is 6.04. The number of Topliss-reactive ketones (excluding diaryl/α,β-unsaturated/α-hetero) is 1. The maximum Gasteiger partial charge on any atom is 0.265 e. The summed E-state index contributed by atoms with van der Waals surface area (Å²) in [7, 11) is 0. The number of likely N-dealkylation sites (tertiary alicyclic amines) is 1. The van der Waals surface area contributed by atoms with Crippen LogP contribution in [0.4, 0.5) is 5.69 Å². The minimum atomic E-state index is -0.298. The van der Waals surface area contributed by atoms with Gasteiger partial charge in [0.05, 0.1) is 5.69 Å². The minimum absolute atomic E-state index is 0.0138. The predicted octanol–water partition coefficient (Wildman–Crippen LogP) is 1.77. The summed E-state index contributed by atoms with van der Waals surface area (Å²) >= 11 is 0. The molecule has 146 valence electrons. The number of rotatable bonds is 6. The zero-order valence-corrected chi connectivity index (χ0v) is 15.6. The smallest absolute Gasteiger partial charge is 0.265 e. The van der Waals surface area contributed by atoms with Crippen LogP contribution < -0.4 is 9.64 Å². The number of nitrogens with zero attached hydrogens (tertiary/aromatic N) is 2. The quantitative estimate of drug-likeness (QED) is 0.767. The molecule has 1 aromatic carbocycles. The SMILES string of the molecule is CCC(=O)c1ccc2c(c1)N(CC(=O)N1CCCCC1CCO)C(=O)CO2. The van der Waals surface area contributed by atoms with Crippen LogP contribution in [0.15, 0.2) is 18.2 Å². The van der Waals surface area contributed by atoms with Crippen molar-refractivity contribution >= 4 is 23.3 Å². The third-order valence-corrected chi connectivity index (χ3v) is 5.25. The van der Waals surface area contributed by atoms with Gasteiger partial charge in [-0.3, -0.25) is 19.3 Å². The summed E-state index contributed by atoms with van der Waals surface area (Å²) < 4.78 is 5.46. The Morgan fingerprint density at radius 3 is 2.85 bits per heavy atom. The van der Waals surface area contributed by atoms with E-state index in [1.165, 1.54) is 4.90 Å². The first kappa shape index (κ1) is 19.4. The van der Waals surface area contributed by atoms with Crippen molar-refractivity contribution in [1.29, 1.82) is 0 Å². The number of carbonyl (C=O) groups excluding carboxylic acids is 3. The number of hydrogen-bond donors (Lipinski definition) is 1. The van der Waals surface area contributed by atoms with Crippen LogP contribution in [-0.4, -0.2) is 59.9 Å². The molecule has 1 fully saturated rings. The molecule has 0 aliphatic carbocycles. The van der Waals surface area contributed by atoms with Crippen molar-refractivity contribution in [3.05, 3.63) is 23.8 Å². The van der Waals surface area contributed by atoms with Crippen molar-refractivity contribution in [2.24, 2.45) is 0 Å². The van der Waals surface area contributed by atoms with Crippen molar-refractivity contribution in [2.45, 2.75) is 45.1 Å². The average molecular weight is 374 g/mol. The molecule has 2 aliphatic heterocycles. The number of aliphatic hydroxyl groups excluding tert-OH is 1. The number of ketones is 1. The molecule has 2 heterocycles. The molecule has 0 aromatic heterocycles. The highest BCUT2D eigenvalue weighted by Gasteiger charge is 2.32. The molecule has 1 unspecified atom stereocenters. The fourth-order valence-electron chi connectivity index (χ4n) is 3.76. The van der Waals surface area contributed by atoms with Crippen molar-refractivity contribution in [1.82, 2.24) is 4.90 Å². The molecule has 7 heteroatoms. The van der Waals surface area contributed by atoms with E-state index in [0.717, 1.165) is 19.3 Å². The van der Waals surface area contributed by atoms with Gasteiger partial charge in [0.1, 0.15) is 12.3 Å². The number of fused-ring (bicyclic) bond motifs is 1. The van der Waals surface area contributed by atoms with E-state index in [0.29, 0.717) is 36.4 Å². The minimum Gasteiger partial charge on any atom is -0.482 e. The average Bonchev–Trinajstić information content (AvgIpc) is 2.69. The fourth-order valence-corrected chi connectivity index (χ4v) is 3.76. The summed E-state index contributed by atoms with van der Waals surface area (Å²) in [6, 6.07) is 5.01. The number of ether oxygens (including phenoxy) is 1. The Kier molecular flexibility index (Phi) is 6.11. The normalized spacial score (nSPS) is 19.5. The molecule has 1 aromatic rings. The summed E-state index contributed by atoms with van der Waals surface area (Å²) in [4.78, 5) is 40.6. The fraction of sp³-hybridized carbons (Fsp3) is 0.550. The summed E-state index contributed by atoms with van der Waals surface area (Å²) in [6.07, 6.45) is 3.75. The van der Waals surface area contributed by atoms with E-state index >= 15 is 0 Å². The van der Waals surface area contributed by atoms with Crippen LogP contribution in [0.25, 0.3) is 0 Å². The maximum absolute atomic E-state index is 12.9. The summed E-state index contributed by atoms with van der Waals surface area (Å²) in [5, 5.41) is 9.27. The largest absolute Gasteiger partial charge is 0.482 e. The molecule has 1 N–H and O–H groups in total. The number of hydrogen-bond acceptors (Lipinski definition) is 5. The van der Waals surface area contributed by atoms with E-state index in [1.807, 2.05) is 0 Å². The van der Waals surface area contributed by atoms with E-state index in [4.69, 9.17) is 4.74 Å². The molecule has 0 radical (unpaired) electrons. The van der Waals surface area contributed by atoms with Gasteiger partial charge in [-0.25, -0.2) is 0 Å². The van der Waals surface area contributed by atoms with Crippen LogP contribution in [0.5, 0.6) is 5.75 Å². The first-order valence-corrected chi connectivity index (χ1v) is 9.56. The lowest BCUT2D eigenvalue weighted by Gasteiger charge is -2.37. The standard InChI is InChI=1S/C20H26N2O5/c1-2-17(24)14-6-7-18-16(11-14)22(20(26)13-27-18)12-19(25)21-9-4-3-5-15(21)8-10-23/h6-7,11,15,23H,2-5,8-10,12-13H2,1H3. The van der Waals surface area contributed by atoms with E-state index in [9.17, 15) is 19.5 Å². The van der Waals surface area contributed by atoms with Gasteiger partial charge in [-0.15, -0.1) is 0 Å². The summed E-state index contributed by atoms with van der Waals surface area (Å²) in [5.41, 5.74) is 0.970. The molecular formula is C20H26N2O5. The third-order valence-electron chi connectivity index (χ3n) is 5.25. The Morgan fingerprint density at radius 1 is 1.30 bits per heavy atom. The number of aliphatic hydroxyl groups is 1. The van der Waals surface area contributed by atoms with Crippen molar-refractivity contribution in [3.8, 4) is 5.75 Å². The van der Waals surface area contributed by atoms with Crippen LogP contribution in [0.1, 0.15) is 49.4 Å². The topological polar surface area (TPSA) is 87.2 Å². The Hall–Kier alpha value is -2.41. The molecule has 3 rings (SSSR count). The molecular weight excluding hydrogens is 348 g/mol. The van der Waals surface area contributed by atoms with Crippen molar-refractivity contribution in [2.75, 3.05) is 31.2 Å². The summed E-state index contributed by atoms with van der Waals surface area (Å²) in [6.45, 7) is 2.25. The van der Waals surface area contributed by atoms with Crippen LogP contribution >= 0.6 is 0 Å². The number of carbonyl (C=O) groups is 3. The molecule has 0 saturated carbocycles. The lowest BCUT2D eigenvalue weighted by molar-refractivity contribution is -0.135. The molecule has 27 heavy (non-hydrogen) atoms. The molecule has 7 nitrogen and oxygen atoms in total. The molecule has 1 atom stereocenters. The van der Waals surface area contributed by atoms with Gasteiger partial charge in [-0.05, 0) is 43.9 Å². The number of piperidine rings is 1. The molecule has 0 bridgehead atoms. The lowest BCUT2D eigenvalue weighted by Crippen LogP contribution is -2.51. The number of anilines is 1. The van der Waals surface area contributed by atoms with Gasteiger partial charge < -0.3 is 14.7 Å². The second-order valence-electron chi connectivity index (χ2n) is 6.98. The van der Waals surface area contributed by atoms with E-state index < -0.39 is 0 Å². The van der Waals surface area contributed by atoms with Crippen molar-refractivity contribution < 1.29 is 24.2 Å². The van der Waals surface area contributed by atoms with E-state index in [-0.39, 0.29) is 43.4 Å². The van der Waals surface area contributed by atoms with Gasteiger partial charge in [-0.1, -0.05) is 6.92 Å². The van der Waals surface area contributed by atoms with Crippen molar-refractivity contribution in [3.63, 3.8) is 0 Å². The Labute approximate surface area is 158 Å². The van der Waals surface area contributed by atoms with Gasteiger partial charge in [0.2, 0.25) is 5.91 Å². The number of benzene rings is 1. The molecule has 0 spiro atoms. The summed E-state index contributed by atoms with van der Waals surface area (Å²) in [5.74, 6) is 0.0379. The first-order chi connectivity index (χ1) is 13.0. The second-order valence-corrected chi connectivity index (χ2v) is 6.98. The molecule has 2 amide bonds. The Bertz CT molecular complexity index is 731. The first-order valence-electron chi connectivity index (χ1n) is 9.56. The van der Waals surface area contributed by atoms with Crippen LogP contribution in [-0.2, 0) is 9.59 Å². The van der Waals surface area contributed by atoms with Crippen LogP contribution in [0, 0.1) is 0 Å².